The molecular weight excluding hydrogens is 368 g/mol. The monoisotopic (exact) mass is 384 g/mol. The quantitative estimate of drug-likeness (QED) is 0.677. The number of thiophene rings is 1. The number of ether oxygens (including phenoxy) is 2. The first kappa shape index (κ1) is 18.3. The predicted octanol–water partition coefficient (Wildman–Crippen LogP) is 3.06. The van der Waals surface area contributed by atoms with Gasteiger partial charge in [0, 0.05) is 36.3 Å². The SMILES string of the molecule is COc1cc(NC(=O)c2sccc2NC(=O)c2cnccn2)cc(OC)c1. The summed E-state index contributed by atoms with van der Waals surface area (Å²) in [6.45, 7) is 0. The number of nitrogens with zero attached hydrogens (tertiary/aromatic N) is 2. The van der Waals surface area contributed by atoms with Gasteiger partial charge >= 0.3 is 0 Å². The zero-order valence-electron chi connectivity index (χ0n) is 14.6. The zero-order valence-corrected chi connectivity index (χ0v) is 15.4. The highest BCUT2D eigenvalue weighted by atomic mass is 32.1. The standard InChI is InChI=1S/C18H16N4O4S/c1-25-12-7-11(8-13(9-12)26-2)21-18(24)16-14(3-6-27-16)22-17(23)15-10-19-4-5-20-15/h3-10H,1-2H3,(H,21,24)(H,22,23). The van der Waals surface area contributed by atoms with Crippen molar-refractivity contribution in [1.82, 2.24) is 9.97 Å². The molecule has 0 bridgehead atoms. The zero-order chi connectivity index (χ0) is 19.2. The summed E-state index contributed by atoms with van der Waals surface area (Å²) in [6.07, 6.45) is 4.25. The average Bonchev–Trinajstić information content (AvgIpc) is 3.16. The van der Waals surface area contributed by atoms with E-state index in [1.54, 1.807) is 29.6 Å². The number of rotatable bonds is 6. The maximum Gasteiger partial charge on any atom is 0.275 e. The van der Waals surface area contributed by atoms with Crippen LogP contribution in [0.5, 0.6) is 11.5 Å². The molecule has 138 valence electrons. The number of methoxy groups -OCH3 is 2. The Morgan fingerprint density at radius 1 is 1.00 bits per heavy atom. The second-order valence-corrected chi connectivity index (χ2v) is 6.18. The first-order chi connectivity index (χ1) is 13.1. The Labute approximate surface area is 159 Å². The van der Waals surface area contributed by atoms with E-state index in [2.05, 4.69) is 20.6 Å². The van der Waals surface area contributed by atoms with E-state index in [1.807, 2.05) is 0 Å². The molecule has 2 aromatic heterocycles. The summed E-state index contributed by atoms with van der Waals surface area (Å²) in [4.78, 5) is 33.0. The van der Waals surface area contributed by atoms with Crippen LogP contribution in [0, 0.1) is 0 Å². The summed E-state index contributed by atoms with van der Waals surface area (Å²) in [5.41, 5.74) is 1.06. The minimum Gasteiger partial charge on any atom is -0.497 e. The molecule has 0 aliphatic rings. The number of aromatic nitrogens is 2. The van der Waals surface area contributed by atoms with Crippen LogP contribution in [0.2, 0.25) is 0 Å². The fourth-order valence-electron chi connectivity index (χ4n) is 2.25. The lowest BCUT2D eigenvalue weighted by molar-refractivity contribution is 0.102. The highest BCUT2D eigenvalue weighted by molar-refractivity contribution is 7.12. The van der Waals surface area contributed by atoms with Crippen LogP contribution in [0.15, 0.2) is 48.2 Å². The van der Waals surface area contributed by atoms with Crippen molar-refractivity contribution in [3.05, 3.63) is 58.8 Å². The fraction of sp³-hybridized carbons (Fsp3) is 0.111. The van der Waals surface area contributed by atoms with Gasteiger partial charge < -0.3 is 20.1 Å². The van der Waals surface area contributed by atoms with Crippen LogP contribution < -0.4 is 20.1 Å². The molecule has 3 rings (SSSR count). The molecule has 0 aliphatic carbocycles. The lowest BCUT2D eigenvalue weighted by Crippen LogP contribution is -2.17. The Bertz CT molecular complexity index is 937. The van der Waals surface area contributed by atoms with Gasteiger partial charge in [-0.05, 0) is 11.4 Å². The summed E-state index contributed by atoms with van der Waals surface area (Å²) in [7, 11) is 3.06. The number of amides is 2. The van der Waals surface area contributed by atoms with Crippen LogP contribution in [-0.4, -0.2) is 36.0 Å². The lowest BCUT2D eigenvalue weighted by Gasteiger charge is -2.10. The van der Waals surface area contributed by atoms with Gasteiger partial charge in [0.15, 0.2) is 0 Å². The van der Waals surface area contributed by atoms with Gasteiger partial charge in [-0.2, -0.15) is 0 Å². The molecule has 0 unspecified atom stereocenters. The van der Waals surface area contributed by atoms with Gasteiger partial charge in [-0.25, -0.2) is 4.98 Å². The molecule has 9 heteroatoms. The molecule has 0 saturated heterocycles. The van der Waals surface area contributed by atoms with E-state index in [4.69, 9.17) is 9.47 Å². The number of hydrogen-bond donors (Lipinski definition) is 2. The molecule has 3 aromatic rings. The highest BCUT2D eigenvalue weighted by Gasteiger charge is 2.17. The minimum absolute atomic E-state index is 0.160. The van der Waals surface area contributed by atoms with Crippen molar-refractivity contribution in [3.63, 3.8) is 0 Å². The van der Waals surface area contributed by atoms with Gasteiger partial charge in [-0.3, -0.25) is 14.6 Å². The average molecular weight is 384 g/mol. The maximum atomic E-state index is 12.7. The molecule has 0 atom stereocenters. The van der Waals surface area contributed by atoms with Crippen molar-refractivity contribution in [2.75, 3.05) is 24.9 Å². The summed E-state index contributed by atoms with van der Waals surface area (Å²) < 4.78 is 10.4. The van der Waals surface area contributed by atoms with Gasteiger partial charge in [0.2, 0.25) is 0 Å². The van der Waals surface area contributed by atoms with E-state index in [9.17, 15) is 9.59 Å². The van der Waals surface area contributed by atoms with E-state index in [1.165, 1.54) is 44.1 Å². The molecular formula is C18H16N4O4S. The Balaban J connectivity index is 1.77. The Hall–Kier alpha value is -3.46. The van der Waals surface area contributed by atoms with Crippen molar-refractivity contribution in [1.29, 1.82) is 0 Å². The Kier molecular flexibility index (Phi) is 5.62. The van der Waals surface area contributed by atoms with E-state index in [0.717, 1.165) is 0 Å². The maximum absolute atomic E-state index is 12.7. The summed E-state index contributed by atoms with van der Waals surface area (Å²) >= 11 is 1.21. The Morgan fingerprint density at radius 3 is 2.37 bits per heavy atom. The van der Waals surface area contributed by atoms with E-state index >= 15 is 0 Å². The van der Waals surface area contributed by atoms with E-state index < -0.39 is 5.91 Å². The lowest BCUT2D eigenvalue weighted by atomic mass is 10.2. The second kappa shape index (κ2) is 8.28. The molecule has 8 nitrogen and oxygen atoms in total. The first-order valence-corrected chi connectivity index (χ1v) is 8.68. The third kappa shape index (κ3) is 4.39. The molecule has 2 heterocycles. The number of anilines is 2. The van der Waals surface area contributed by atoms with Gasteiger partial charge in [0.05, 0.1) is 26.1 Å². The molecule has 0 fully saturated rings. The summed E-state index contributed by atoms with van der Waals surface area (Å²) in [5, 5.41) is 7.17. The van der Waals surface area contributed by atoms with Gasteiger partial charge in [0.1, 0.15) is 22.1 Å². The van der Waals surface area contributed by atoms with Gasteiger partial charge in [-0.1, -0.05) is 0 Å². The topological polar surface area (TPSA) is 102 Å². The first-order valence-electron chi connectivity index (χ1n) is 7.80. The summed E-state index contributed by atoms with van der Waals surface area (Å²) in [5.74, 6) is 0.285. The van der Waals surface area contributed by atoms with E-state index in [-0.39, 0.29) is 11.6 Å². The molecule has 0 spiro atoms. The van der Waals surface area contributed by atoms with Crippen molar-refractivity contribution in [2.24, 2.45) is 0 Å². The predicted molar refractivity (Wildman–Crippen MR) is 102 cm³/mol. The number of benzene rings is 1. The molecule has 27 heavy (non-hydrogen) atoms. The van der Waals surface area contributed by atoms with Crippen LogP contribution in [0.4, 0.5) is 11.4 Å². The molecule has 0 aliphatic heterocycles. The van der Waals surface area contributed by atoms with Crippen molar-refractivity contribution < 1.29 is 19.1 Å². The highest BCUT2D eigenvalue weighted by Crippen LogP contribution is 2.28. The fourth-order valence-corrected chi connectivity index (χ4v) is 3.00. The van der Waals surface area contributed by atoms with Crippen molar-refractivity contribution in [2.45, 2.75) is 0 Å². The third-order valence-corrected chi connectivity index (χ3v) is 4.44. The van der Waals surface area contributed by atoms with E-state index in [0.29, 0.717) is 27.8 Å². The number of carbonyl (C=O) groups is 2. The summed E-state index contributed by atoms with van der Waals surface area (Å²) in [6, 6.07) is 6.70. The van der Waals surface area contributed by atoms with Crippen LogP contribution >= 0.6 is 11.3 Å². The van der Waals surface area contributed by atoms with Gasteiger partial charge in [0.25, 0.3) is 11.8 Å². The van der Waals surface area contributed by atoms with Crippen LogP contribution in [0.3, 0.4) is 0 Å². The Morgan fingerprint density at radius 2 is 1.74 bits per heavy atom. The molecule has 2 N–H and O–H groups in total. The minimum atomic E-state index is -0.446. The number of nitrogens with one attached hydrogen (secondary N) is 2. The van der Waals surface area contributed by atoms with Crippen molar-refractivity contribution in [3.8, 4) is 11.5 Å². The number of hydrogen-bond acceptors (Lipinski definition) is 7. The second-order valence-electron chi connectivity index (χ2n) is 5.26. The van der Waals surface area contributed by atoms with Crippen LogP contribution in [-0.2, 0) is 0 Å². The third-order valence-electron chi connectivity index (χ3n) is 3.52. The normalized spacial score (nSPS) is 10.1. The smallest absolute Gasteiger partial charge is 0.275 e. The van der Waals surface area contributed by atoms with Gasteiger partial charge in [-0.15, -0.1) is 11.3 Å². The molecule has 0 radical (unpaired) electrons. The largest absolute Gasteiger partial charge is 0.497 e. The number of carbonyl (C=O) groups excluding carboxylic acids is 2. The molecule has 0 saturated carbocycles. The van der Waals surface area contributed by atoms with Crippen LogP contribution in [0.25, 0.3) is 0 Å². The van der Waals surface area contributed by atoms with Crippen molar-refractivity contribution >= 4 is 34.5 Å². The molecule has 2 amide bonds. The van der Waals surface area contributed by atoms with Crippen LogP contribution in [0.1, 0.15) is 20.2 Å². The molecule has 1 aromatic carbocycles.